The van der Waals surface area contributed by atoms with Crippen LogP contribution in [0.15, 0.2) is 42.5 Å². The molecule has 0 saturated carbocycles. The standard InChI is InChI=1S/C18H19F2NO2/c1-11(2)14-6-4-5-7-17(14)23-12(3)18(22)21-13-8-9-15(19)16(20)10-13/h4-12H,1-3H3,(H,21,22)/t12-/m1/s1. The van der Waals surface area contributed by atoms with E-state index in [1.54, 1.807) is 13.0 Å². The lowest BCUT2D eigenvalue weighted by Crippen LogP contribution is -2.30. The summed E-state index contributed by atoms with van der Waals surface area (Å²) in [5.41, 5.74) is 1.18. The van der Waals surface area contributed by atoms with Crippen molar-refractivity contribution in [3.05, 3.63) is 59.7 Å². The maximum atomic E-state index is 13.2. The lowest BCUT2D eigenvalue weighted by atomic mass is 10.0. The zero-order valence-corrected chi connectivity index (χ0v) is 13.3. The topological polar surface area (TPSA) is 38.3 Å². The van der Waals surface area contributed by atoms with Gasteiger partial charge in [0.25, 0.3) is 5.91 Å². The summed E-state index contributed by atoms with van der Waals surface area (Å²) in [5.74, 6) is -1.52. The number of ether oxygens (including phenoxy) is 1. The molecule has 23 heavy (non-hydrogen) atoms. The van der Waals surface area contributed by atoms with Gasteiger partial charge in [-0.05, 0) is 36.6 Å². The Bertz CT molecular complexity index is 701. The second-order valence-corrected chi connectivity index (χ2v) is 5.57. The molecular formula is C18H19F2NO2. The molecule has 5 heteroatoms. The van der Waals surface area contributed by atoms with E-state index < -0.39 is 23.6 Å². The molecule has 1 amide bonds. The van der Waals surface area contributed by atoms with Gasteiger partial charge >= 0.3 is 0 Å². The molecule has 0 spiro atoms. The molecular weight excluding hydrogens is 300 g/mol. The fourth-order valence-electron chi connectivity index (χ4n) is 2.13. The Kier molecular flexibility index (Phi) is 5.32. The third-order valence-electron chi connectivity index (χ3n) is 3.40. The average Bonchev–Trinajstić information content (AvgIpc) is 2.51. The van der Waals surface area contributed by atoms with Crippen LogP contribution in [0, 0.1) is 11.6 Å². The Morgan fingerprint density at radius 1 is 1.04 bits per heavy atom. The molecule has 1 atom stereocenters. The summed E-state index contributed by atoms with van der Waals surface area (Å²) in [6, 6.07) is 10.7. The molecule has 0 unspecified atom stereocenters. The van der Waals surface area contributed by atoms with Gasteiger partial charge in [-0.25, -0.2) is 8.78 Å². The quantitative estimate of drug-likeness (QED) is 0.881. The third kappa shape index (κ3) is 4.28. The van der Waals surface area contributed by atoms with Gasteiger partial charge < -0.3 is 10.1 Å². The molecule has 0 radical (unpaired) electrons. The number of benzene rings is 2. The average molecular weight is 319 g/mol. The van der Waals surface area contributed by atoms with E-state index in [1.165, 1.54) is 6.07 Å². The molecule has 2 rings (SSSR count). The highest BCUT2D eigenvalue weighted by atomic mass is 19.2. The Hall–Kier alpha value is -2.43. The van der Waals surface area contributed by atoms with Gasteiger partial charge in [0.15, 0.2) is 17.7 Å². The summed E-state index contributed by atoms with van der Waals surface area (Å²) >= 11 is 0. The molecule has 0 saturated heterocycles. The van der Waals surface area contributed by atoms with Crippen LogP contribution in [0.5, 0.6) is 5.75 Å². The van der Waals surface area contributed by atoms with Gasteiger partial charge in [0.1, 0.15) is 5.75 Å². The van der Waals surface area contributed by atoms with Crippen LogP contribution >= 0.6 is 0 Å². The number of carbonyl (C=O) groups excluding carboxylic acids is 1. The highest BCUT2D eigenvalue weighted by Crippen LogP contribution is 2.27. The van der Waals surface area contributed by atoms with Crippen LogP contribution < -0.4 is 10.1 Å². The van der Waals surface area contributed by atoms with Crippen LogP contribution in [0.1, 0.15) is 32.3 Å². The van der Waals surface area contributed by atoms with Crippen LogP contribution in [0.4, 0.5) is 14.5 Å². The number of carbonyl (C=O) groups is 1. The van der Waals surface area contributed by atoms with Crippen molar-refractivity contribution < 1.29 is 18.3 Å². The van der Waals surface area contributed by atoms with E-state index in [0.717, 1.165) is 17.7 Å². The monoisotopic (exact) mass is 319 g/mol. The number of nitrogens with one attached hydrogen (secondary N) is 1. The molecule has 3 nitrogen and oxygen atoms in total. The Morgan fingerprint density at radius 3 is 2.39 bits per heavy atom. The first-order valence-electron chi connectivity index (χ1n) is 7.40. The van der Waals surface area contributed by atoms with Crippen molar-refractivity contribution in [2.75, 3.05) is 5.32 Å². The summed E-state index contributed by atoms with van der Waals surface area (Å²) in [6.07, 6.45) is -0.775. The highest BCUT2D eigenvalue weighted by Gasteiger charge is 2.18. The molecule has 0 fully saturated rings. The first-order valence-corrected chi connectivity index (χ1v) is 7.40. The molecule has 0 aliphatic carbocycles. The smallest absolute Gasteiger partial charge is 0.265 e. The zero-order chi connectivity index (χ0) is 17.0. The molecule has 0 heterocycles. The maximum absolute atomic E-state index is 13.2. The van der Waals surface area contributed by atoms with Crippen LogP contribution in [0.3, 0.4) is 0 Å². The molecule has 2 aromatic rings. The molecule has 122 valence electrons. The summed E-state index contributed by atoms with van der Waals surface area (Å²) in [4.78, 5) is 12.1. The minimum absolute atomic E-state index is 0.182. The Labute approximate surface area is 134 Å². The van der Waals surface area contributed by atoms with E-state index in [0.29, 0.717) is 5.75 Å². The first kappa shape index (κ1) is 16.9. The highest BCUT2D eigenvalue weighted by molar-refractivity contribution is 5.94. The summed E-state index contributed by atoms with van der Waals surface area (Å²) in [7, 11) is 0. The van der Waals surface area contributed by atoms with Crippen LogP contribution in [0.25, 0.3) is 0 Å². The van der Waals surface area contributed by atoms with Crippen LogP contribution in [0.2, 0.25) is 0 Å². The minimum atomic E-state index is -1.01. The third-order valence-corrected chi connectivity index (χ3v) is 3.40. The lowest BCUT2D eigenvalue weighted by molar-refractivity contribution is -0.122. The lowest BCUT2D eigenvalue weighted by Gasteiger charge is -2.18. The molecule has 2 aromatic carbocycles. The van der Waals surface area contributed by atoms with E-state index in [2.05, 4.69) is 5.32 Å². The summed E-state index contributed by atoms with van der Waals surface area (Å²) in [6.45, 7) is 5.68. The molecule has 0 aliphatic heterocycles. The van der Waals surface area contributed by atoms with E-state index >= 15 is 0 Å². The van der Waals surface area contributed by atoms with E-state index in [9.17, 15) is 13.6 Å². The van der Waals surface area contributed by atoms with Gasteiger partial charge in [-0.1, -0.05) is 32.0 Å². The van der Waals surface area contributed by atoms with E-state index in [-0.39, 0.29) is 11.6 Å². The maximum Gasteiger partial charge on any atom is 0.265 e. The predicted octanol–water partition coefficient (Wildman–Crippen LogP) is 4.49. The SMILES string of the molecule is CC(C)c1ccccc1O[C@H](C)C(=O)Nc1ccc(F)c(F)c1. The van der Waals surface area contributed by atoms with Crippen molar-refractivity contribution in [3.8, 4) is 5.75 Å². The number of para-hydroxylation sites is 1. The largest absolute Gasteiger partial charge is 0.481 e. The zero-order valence-electron chi connectivity index (χ0n) is 13.3. The van der Waals surface area contributed by atoms with Crippen molar-refractivity contribution in [2.45, 2.75) is 32.8 Å². The summed E-state index contributed by atoms with van der Waals surface area (Å²) in [5, 5.41) is 2.51. The Balaban J connectivity index is 2.07. The normalized spacial score (nSPS) is 12.1. The van der Waals surface area contributed by atoms with Crippen LogP contribution in [-0.4, -0.2) is 12.0 Å². The van der Waals surface area contributed by atoms with E-state index in [4.69, 9.17) is 4.74 Å². The van der Waals surface area contributed by atoms with Gasteiger partial charge in [0.05, 0.1) is 0 Å². The number of amides is 1. The van der Waals surface area contributed by atoms with Crippen molar-refractivity contribution in [1.29, 1.82) is 0 Å². The summed E-state index contributed by atoms with van der Waals surface area (Å²) < 4.78 is 31.8. The predicted molar refractivity (Wildman–Crippen MR) is 85.6 cm³/mol. The number of halogens is 2. The molecule has 0 bridgehead atoms. The molecule has 0 aliphatic rings. The van der Waals surface area contributed by atoms with Crippen molar-refractivity contribution in [2.24, 2.45) is 0 Å². The number of rotatable bonds is 5. The fourth-order valence-corrected chi connectivity index (χ4v) is 2.13. The van der Waals surface area contributed by atoms with E-state index in [1.807, 2.05) is 32.0 Å². The van der Waals surface area contributed by atoms with Gasteiger partial charge in [-0.2, -0.15) is 0 Å². The van der Waals surface area contributed by atoms with Crippen molar-refractivity contribution in [3.63, 3.8) is 0 Å². The number of hydrogen-bond donors (Lipinski definition) is 1. The number of anilines is 1. The molecule has 1 N–H and O–H groups in total. The van der Waals surface area contributed by atoms with Gasteiger partial charge in [0, 0.05) is 11.8 Å². The fraction of sp³-hybridized carbons (Fsp3) is 0.278. The van der Waals surface area contributed by atoms with Crippen molar-refractivity contribution in [1.82, 2.24) is 0 Å². The van der Waals surface area contributed by atoms with Gasteiger partial charge in [-0.15, -0.1) is 0 Å². The first-order chi connectivity index (χ1) is 10.9. The minimum Gasteiger partial charge on any atom is -0.481 e. The van der Waals surface area contributed by atoms with Crippen LogP contribution in [-0.2, 0) is 4.79 Å². The van der Waals surface area contributed by atoms with Crippen molar-refractivity contribution >= 4 is 11.6 Å². The second kappa shape index (κ2) is 7.22. The molecule has 0 aromatic heterocycles. The van der Waals surface area contributed by atoms with Gasteiger partial charge in [-0.3, -0.25) is 4.79 Å². The second-order valence-electron chi connectivity index (χ2n) is 5.57. The number of hydrogen-bond acceptors (Lipinski definition) is 2. The Morgan fingerprint density at radius 2 is 1.74 bits per heavy atom. The van der Waals surface area contributed by atoms with Gasteiger partial charge in [0.2, 0.25) is 0 Å².